The van der Waals surface area contributed by atoms with Gasteiger partial charge in [-0.2, -0.15) is 5.10 Å². The first kappa shape index (κ1) is 15.6. The van der Waals surface area contributed by atoms with Crippen LogP contribution in [0, 0.1) is 13.8 Å². The Bertz CT molecular complexity index is 555. The third-order valence-corrected chi connectivity index (χ3v) is 3.74. The van der Waals surface area contributed by atoms with Crippen molar-refractivity contribution in [3.8, 4) is 0 Å². The highest BCUT2D eigenvalue weighted by Crippen LogP contribution is 2.13. The molecule has 2 rings (SSSR count). The summed E-state index contributed by atoms with van der Waals surface area (Å²) in [6.45, 7) is 5.82. The number of halogens is 1. The van der Waals surface area contributed by atoms with Crippen molar-refractivity contribution in [2.24, 2.45) is 0 Å². The zero-order valence-corrected chi connectivity index (χ0v) is 12.6. The SMILES string of the molecule is CC(=O)c1c(C)nn(CC(=O)NC[C@@H]2C[C@H](F)CN2)c1C. The number of carbonyl (C=O) groups excluding carboxylic acids is 2. The first-order valence-corrected chi connectivity index (χ1v) is 7.07. The van der Waals surface area contributed by atoms with E-state index in [1.807, 2.05) is 0 Å². The van der Waals surface area contributed by atoms with Crippen LogP contribution in [0.1, 0.15) is 35.1 Å². The number of alkyl halides is 1. The molecule has 1 aliphatic heterocycles. The lowest BCUT2D eigenvalue weighted by Gasteiger charge is -2.11. The van der Waals surface area contributed by atoms with Crippen LogP contribution in [0.5, 0.6) is 0 Å². The Morgan fingerprint density at radius 1 is 1.48 bits per heavy atom. The second-order valence-electron chi connectivity index (χ2n) is 5.50. The zero-order valence-electron chi connectivity index (χ0n) is 12.6. The number of amides is 1. The number of rotatable bonds is 5. The van der Waals surface area contributed by atoms with Crippen LogP contribution in [0.15, 0.2) is 0 Å². The molecule has 6 nitrogen and oxygen atoms in total. The van der Waals surface area contributed by atoms with Crippen molar-refractivity contribution in [2.45, 2.75) is 46.0 Å². The molecule has 21 heavy (non-hydrogen) atoms. The fourth-order valence-corrected chi connectivity index (χ4v) is 2.71. The van der Waals surface area contributed by atoms with Gasteiger partial charge in [-0.05, 0) is 27.2 Å². The van der Waals surface area contributed by atoms with Gasteiger partial charge in [0.15, 0.2) is 5.78 Å². The Labute approximate surface area is 123 Å². The lowest BCUT2D eigenvalue weighted by Crippen LogP contribution is -2.38. The van der Waals surface area contributed by atoms with E-state index in [1.165, 1.54) is 11.6 Å². The maximum atomic E-state index is 13.0. The number of nitrogens with one attached hydrogen (secondary N) is 2. The molecule has 0 aliphatic carbocycles. The number of Topliss-reactive ketones (excluding diaryl/α,β-unsaturated/α-hetero) is 1. The fourth-order valence-electron chi connectivity index (χ4n) is 2.71. The molecule has 2 atom stereocenters. The highest BCUT2D eigenvalue weighted by Gasteiger charge is 2.24. The zero-order chi connectivity index (χ0) is 15.6. The normalized spacial score (nSPS) is 21.5. The van der Waals surface area contributed by atoms with E-state index in [2.05, 4.69) is 15.7 Å². The molecule has 2 N–H and O–H groups in total. The van der Waals surface area contributed by atoms with Crippen LogP contribution in [-0.4, -0.2) is 46.8 Å². The monoisotopic (exact) mass is 296 g/mol. The van der Waals surface area contributed by atoms with Crippen LogP contribution in [-0.2, 0) is 11.3 Å². The maximum absolute atomic E-state index is 13.0. The predicted octanol–water partition coefficient (Wildman–Crippen LogP) is 0.519. The van der Waals surface area contributed by atoms with Gasteiger partial charge in [0.25, 0.3) is 0 Å². The first-order chi connectivity index (χ1) is 9.88. The van der Waals surface area contributed by atoms with Crippen LogP contribution in [0.3, 0.4) is 0 Å². The van der Waals surface area contributed by atoms with Gasteiger partial charge in [0, 0.05) is 24.8 Å². The average molecular weight is 296 g/mol. The van der Waals surface area contributed by atoms with Gasteiger partial charge in [0.2, 0.25) is 5.91 Å². The van der Waals surface area contributed by atoms with E-state index in [-0.39, 0.29) is 24.3 Å². The minimum Gasteiger partial charge on any atom is -0.353 e. The molecule has 1 fully saturated rings. The molecule has 1 aromatic heterocycles. The summed E-state index contributed by atoms with van der Waals surface area (Å²) in [5.41, 5.74) is 1.89. The molecule has 1 aromatic rings. The Kier molecular flexibility index (Phi) is 4.72. The van der Waals surface area contributed by atoms with Gasteiger partial charge in [-0.15, -0.1) is 0 Å². The second-order valence-corrected chi connectivity index (χ2v) is 5.50. The molecule has 7 heteroatoms. The van der Waals surface area contributed by atoms with Gasteiger partial charge in [0.05, 0.1) is 11.3 Å². The number of nitrogens with zero attached hydrogens (tertiary/aromatic N) is 2. The predicted molar refractivity (Wildman–Crippen MR) is 76.0 cm³/mol. The lowest BCUT2D eigenvalue weighted by atomic mass is 10.1. The highest BCUT2D eigenvalue weighted by atomic mass is 19.1. The van der Waals surface area contributed by atoms with Gasteiger partial charge in [0.1, 0.15) is 12.7 Å². The molecule has 0 bridgehead atoms. The molecular formula is C14H21FN4O2. The summed E-state index contributed by atoms with van der Waals surface area (Å²) >= 11 is 0. The lowest BCUT2D eigenvalue weighted by molar-refractivity contribution is -0.121. The molecule has 0 spiro atoms. The third kappa shape index (κ3) is 3.66. The third-order valence-electron chi connectivity index (χ3n) is 3.74. The summed E-state index contributed by atoms with van der Waals surface area (Å²) in [6.07, 6.45) is -0.407. The Morgan fingerprint density at radius 2 is 2.19 bits per heavy atom. The Morgan fingerprint density at radius 3 is 2.71 bits per heavy atom. The summed E-state index contributed by atoms with van der Waals surface area (Å²) in [7, 11) is 0. The van der Waals surface area contributed by atoms with Gasteiger partial charge in [-0.3, -0.25) is 14.3 Å². The van der Waals surface area contributed by atoms with Crippen molar-refractivity contribution >= 4 is 11.7 Å². The average Bonchev–Trinajstić information content (AvgIpc) is 2.91. The molecule has 116 valence electrons. The quantitative estimate of drug-likeness (QED) is 0.777. The minimum absolute atomic E-state index is 0.0165. The van der Waals surface area contributed by atoms with Crippen LogP contribution in [0.25, 0.3) is 0 Å². The molecule has 1 saturated heterocycles. The Balaban J connectivity index is 1.91. The molecule has 1 aliphatic rings. The number of carbonyl (C=O) groups is 2. The number of hydrogen-bond donors (Lipinski definition) is 2. The van der Waals surface area contributed by atoms with Crippen molar-refractivity contribution in [3.63, 3.8) is 0 Å². The summed E-state index contributed by atoms with van der Waals surface area (Å²) in [5, 5.41) is 10.00. The van der Waals surface area contributed by atoms with E-state index in [0.717, 1.165) is 0 Å². The van der Waals surface area contributed by atoms with Crippen LogP contribution in [0.4, 0.5) is 4.39 Å². The number of aromatic nitrogens is 2. The number of aryl methyl sites for hydroxylation is 1. The van der Waals surface area contributed by atoms with Crippen molar-refractivity contribution in [3.05, 3.63) is 17.0 Å². The smallest absolute Gasteiger partial charge is 0.241 e. The van der Waals surface area contributed by atoms with Gasteiger partial charge in [-0.25, -0.2) is 4.39 Å². The summed E-state index contributed by atoms with van der Waals surface area (Å²) < 4.78 is 14.5. The van der Waals surface area contributed by atoms with E-state index in [0.29, 0.717) is 36.5 Å². The second kappa shape index (κ2) is 6.34. The molecule has 0 unspecified atom stereocenters. The molecule has 1 amide bonds. The Hall–Kier alpha value is -1.76. The van der Waals surface area contributed by atoms with Crippen molar-refractivity contribution in [1.82, 2.24) is 20.4 Å². The molecule has 0 radical (unpaired) electrons. The van der Waals surface area contributed by atoms with Crippen molar-refractivity contribution in [2.75, 3.05) is 13.1 Å². The molecule has 0 aromatic carbocycles. The van der Waals surface area contributed by atoms with Gasteiger partial charge >= 0.3 is 0 Å². The minimum atomic E-state index is -0.832. The van der Waals surface area contributed by atoms with E-state index < -0.39 is 6.17 Å². The number of hydrogen-bond acceptors (Lipinski definition) is 4. The van der Waals surface area contributed by atoms with E-state index >= 15 is 0 Å². The van der Waals surface area contributed by atoms with E-state index in [1.54, 1.807) is 13.8 Å². The highest BCUT2D eigenvalue weighted by molar-refractivity contribution is 5.96. The van der Waals surface area contributed by atoms with Crippen molar-refractivity contribution in [1.29, 1.82) is 0 Å². The van der Waals surface area contributed by atoms with Crippen LogP contribution < -0.4 is 10.6 Å². The molecule has 2 heterocycles. The van der Waals surface area contributed by atoms with E-state index in [4.69, 9.17) is 0 Å². The summed E-state index contributed by atoms with van der Waals surface area (Å²) in [6, 6.07) is -0.0165. The topological polar surface area (TPSA) is 76.0 Å². The van der Waals surface area contributed by atoms with Crippen molar-refractivity contribution < 1.29 is 14.0 Å². The molecular weight excluding hydrogens is 275 g/mol. The van der Waals surface area contributed by atoms with Gasteiger partial charge in [-0.1, -0.05) is 0 Å². The van der Waals surface area contributed by atoms with Crippen LogP contribution >= 0.6 is 0 Å². The fraction of sp³-hybridized carbons (Fsp3) is 0.643. The number of ketones is 1. The van der Waals surface area contributed by atoms with Crippen LogP contribution in [0.2, 0.25) is 0 Å². The summed E-state index contributed by atoms with van der Waals surface area (Å²) in [4.78, 5) is 23.4. The molecule has 0 saturated carbocycles. The first-order valence-electron chi connectivity index (χ1n) is 7.07. The van der Waals surface area contributed by atoms with Gasteiger partial charge < -0.3 is 10.6 Å². The standard InChI is InChI=1S/C14H21FN4O2/c1-8-14(10(3)20)9(2)19(18-8)7-13(21)17-6-12-4-11(15)5-16-12/h11-12,16H,4-7H2,1-3H3,(H,17,21)/t11-,12-/m0/s1. The summed E-state index contributed by atoms with van der Waals surface area (Å²) in [5.74, 6) is -0.249. The maximum Gasteiger partial charge on any atom is 0.241 e. The largest absolute Gasteiger partial charge is 0.353 e. The van der Waals surface area contributed by atoms with E-state index in [9.17, 15) is 14.0 Å².